The summed E-state index contributed by atoms with van der Waals surface area (Å²) in [5.74, 6) is 0.615. The lowest BCUT2D eigenvalue weighted by Gasteiger charge is -2.25. The molecule has 3 unspecified atom stereocenters. The van der Waals surface area contributed by atoms with Gasteiger partial charge in [0, 0.05) is 25.2 Å². The zero-order valence-corrected chi connectivity index (χ0v) is 11.4. The first kappa shape index (κ1) is 12.6. The van der Waals surface area contributed by atoms with Gasteiger partial charge in [0.25, 0.3) is 0 Å². The molecule has 0 aliphatic carbocycles. The van der Waals surface area contributed by atoms with E-state index in [0.29, 0.717) is 18.0 Å². The summed E-state index contributed by atoms with van der Waals surface area (Å²) in [6.07, 6.45) is 0. The number of aryl methyl sites for hydroxylation is 2. The second-order valence-electron chi connectivity index (χ2n) is 5.61. The predicted molar refractivity (Wildman–Crippen MR) is 73.0 cm³/mol. The van der Waals surface area contributed by atoms with Crippen molar-refractivity contribution in [2.24, 2.45) is 11.7 Å². The summed E-state index contributed by atoms with van der Waals surface area (Å²) in [6.45, 7) is 11.0. The first-order chi connectivity index (χ1) is 7.99. The summed E-state index contributed by atoms with van der Waals surface area (Å²) in [6, 6.07) is 7.60. The average molecular weight is 232 g/mol. The van der Waals surface area contributed by atoms with Crippen LogP contribution in [0.25, 0.3) is 0 Å². The highest BCUT2D eigenvalue weighted by molar-refractivity contribution is 5.31. The van der Waals surface area contributed by atoms with Crippen LogP contribution < -0.4 is 5.73 Å². The Morgan fingerprint density at radius 2 is 1.94 bits per heavy atom. The van der Waals surface area contributed by atoms with Crippen molar-refractivity contribution in [3.63, 3.8) is 0 Å². The zero-order chi connectivity index (χ0) is 12.6. The van der Waals surface area contributed by atoms with Gasteiger partial charge in [-0.1, -0.05) is 25.1 Å². The molecule has 1 saturated heterocycles. The van der Waals surface area contributed by atoms with Gasteiger partial charge >= 0.3 is 0 Å². The molecule has 2 nitrogen and oxygen atoms in total. The van der Waals surface area contributed by atoms with Crippen LogP contribution in [0.4, 0.5) is 0 Å². The molecule has 1 heterocycles. The molecule has 0 amide bonds. The minimum atomic E-state index is 0.337. The van der Waals surface area contributed by atoms with Crippen molar-refractivity contribution in [1.82, 2.24) is 4.90 Å². The van der Waals surface area contributed by atoms with Crippen molar-refractivity contribution >= 4 is 0 Å². The van der Waals surface area contributed by atoms with Crippen LogP contribution in [0.15, 0.2) is 18.2 Å². The van der Waals surface area contributed by atoms with Gasteiger partial charge in [0.2, 0.25) is 0 Å². The highest BCUT2D eigenvalue weighted by atomic mass is 15.2. The summed E-state index contributed by atoms with van der Waals surface area (Å²) in [5, 5.41) is 0. The maximum atomic E-state index is 6.10. The van der Waals surface area contributed by atoms with Gasteiger partial charge in [-0.15, -0.1) is 0 Å². The molecule has 1 aliphatic rings. The highest BCUT2D eigenvalue weighted by Crippen LogP contribution is 2.27. The number of nitrogens with zero attached hydrogens (tertiary/aromatic N) is 1. The molecule has 3 atom stereocenters. The monoisotopic (exact) mass is 232 g/mol. The number of benzene rings is 1. The van der Waals surface area contributed by atoms with Crippen molar-refractivity contribution in [3.8, 4) is 0 Å². The molecule has 1 aromatic carbocycles. The summed E-state index contributed by atoms with van der Waals surface area (Å²) >= 11 is 0. The van der Waals surface area contributed by atoms with Gasteiger partial charge in [0.15, 0.2) is 0 Å². The Morgan fingerprint density at radius 3 is 2.47 bits per heavy atom. The first-order valence-electron chi connectivity index (χ1n) is 6.56. The van der Waals surface area contributed by atoms with Crippen LogP contribution in [0.1, 0.15) is 36.6 Å². The quantitative estimate of drug-likeness (QED) is 0.849. The second-order valence-corrected chi connectivity index (χ2v) is 5.61. The van der Waals surface area contributed by atoms with Gasteiger partial charge in [-0.2, -0.15) is 0 Å². The van der Waals surface area contributed by atoms with E-state index < -0.39 is 0 Å². The van der Waals surface area contributed by atoms with Crippen LogP contribution in [-0.4, -0.2) is 24.0 Å². The Balaban J connectivity index is 2.14. The normalized spacial score (nSPS) is 27.4. The van der Waals surface area contributed by atoms with Gasteiger partial charge < -0.3 is 5.73 Å². The molecule has 1 fully saturated rings. The summed E-state index contributed by atoms with van der Waals surface area (Å²) in [7, 11) is 0. The summed E-state index contributed by atoms with van der Waals surface area (Å²) in [5.41, 5.74) is 10.3. The van der Waals surface area contributed by atoms with Crippen LogP contribution in [0.5, 0.6) is 0 Å². The molecule has 2 N–H and O–H groups in total. The van der Waals surface area contributed by atoms with E-state index in [-0.39, 0.29) is 0 Å². The molecule has 0 saturated carbocycles. The molecule has 0 radical (unpaired) electrons. The summed E-state index contributed by atoms with van der Waals surface area (Å²) in [4.78, 5) is 2.50. The SMILES string of the molecule is Cc1ccc(C(C)N2CC(C)C(N)C2)cc1C. The number of rotatable bonds is 2. The van der Waals surface area contributed by atoms with E-state index in [4.69, 9.17) is 5.73 Å². The molecule has 0 spiro atoms. The smallest absolute Gasteiger partial charge is 0.0320 e. The van der Waals surface area contributed by atoms with E-state index in [1.807, 2.05) is 0 Å². The topological polar surface area (TPSA) is 29.3 Å². The Kier molecular flexibility index (Phi) is 3.55. The molecule has 94 valence electrons. The fraction of sp³-hybridized carbons (Fsp3) is 0.600. The number of hydrogen-bond donors (Lipinski definition) is 1. The van der Waals surface area contributed by atoms with E-state index in [9.17, 15) is 0 Å². The first-order valence-corrected chi connectivity index (χ1v) is 6.56. The number of likely N-dealkylation sites (tertiary alicyclic amines) is 1. The lowest BCUT2D eigenvalue weighted by molar-refractivity contribution is 0.253. The maximum absolute atomic E-state index is 6.10. The van der Waals surface area contributed by atoms with Crippen molar-refractivity contribution in [2.45, 2.75) is 39.8 Å². The third-order valence-electron chi connectivity index (χ3n) is 4.26. The fourth-order valence-electron chi connectivity index (χ4n) is 2.58. The lowest BCUT2D eigenvalue weighted by Crippen LogP contribution is -2.29. The largest absolute Gasteiger partial charge is 0.326 e. The Hall–Kier alpha value is -0.860. The molecule has 0 bridgehead atoms. The third kappa shape index (κ3) is 2.53. The van der Waals surface area contributed by atoms with Crippen LogP contribution in [0.3, 0.4) is 0 Å². The minimum Gasteiger partial charge on any atom is -0.326 e. The molecule has 2 rings (SSSR count). The lowest BCUT2D eigenvalue weighted by atomic mass is 10.0. The standard InChI is InChI=1S/C15H24N2/c1-10-5-6-14(7-11(10)2)13(4)17-8-12(3)15(16)9-17/h5-7,12-13,15H,8-9,16H2,1-4H3. The number of hydrogen-bond acceptors (Lipinski definition) is 2. The third-order valence-corrected chi connectivity index (χ3v) is 4.26. The Labute approximate surface area is 105 Å². The van der Waals surface area contributed by atoms with Crippen LogP contribution >= 0.6 is 0 Å². The van der Waals surface area contributed by atoms with E-state index in [1.54, 1.807) is 0 Å². The minimum absolute atomic E-state index is 0.337. The number of nitrogens with two attached hydrogens (primary N) is 1. The molecule has 17 heavy (non-hydrogen) atoms. The average Bonchev–Trinajstić information content (AvgIpc) is 2.62. The van der Waals surface area contributed by atoms with Gasteiger partial charge in [-0.05, 0) is 43.4 Å². The Morgan fingerprint density at radius 1 is 1.24 bits per heavy atom. The molecular weight excluding hydrogens is 208 g/mol. The fourth-order valence-corrected chi connectivity index (χ4v) is 2.58. The van der Waals surface area contributed by atoms with Crippen molar-refractivity contribution in [1.29, 1.82) is 0 Å². The maximum Gasteiger partial charge on any atom is 0.0320 e. The van der Waals surface area contributed by atoms with Crippen LogP contribution in [0, 0.1) is 19.8 Å². The van der Waals surface area contributed by atoms with Crippen LogP contribution in [-0.2, 0) is 0 Å². The van der Waals surface area contributed by atoms with Gasteiger partial charge in [0.05, 0.1) is 0 Å². The van der Waals surface area contributed by atoms with Crippen LogP contribution in [0.2, 0.25) is 0 Å². The molecule has 1 aliphatic heterocycles. The van der Waals surface area contributed by atoms with E-state index in [2.05, 4.69) is 50.8 Å². The molecular formula is C15H24N2. The van der Waals surface area contributed by atoms with E-state index in [0.717, 1.165) is 13.1 Å². The van der Waals surface area contributed by atoms with E-state index in [1.165, 1.54) is 16.7 Å². The van der Waals surface area contributed by atoms with E-state index >= 15 is 0 Å². The molecule has 1 aromatic rings. The van der Waals surface area contributed by atoms with Crippen molar-refractivity contribution < 1.29 is 0 Å². The van der Waals surface area contributed by atoms with Gasteiger partial charge in [-0.3, -0.25) is 4.90 Å². The van der Waals surface area contributed by atoms with Crippen molar-refractivity contribution in [2.75, 3.05) is 13.1 Å². The molecule has 0 aromatic heterocycles. The molecule has 2 heteroatoms. The van der Waals surface area contributed by atoms with Gasteiger partial charge in [-0.25, -0.2) is 0 Å². The predicted octanol–water partition coefficient (Wildman–Crippen LogP) is 2.64. The summed E-state index contributed by atoms with van der Waals surface area (Å²) < 4.78 is 0. The zero-order valence-electron chi connectivity index (χ0n) is 11.4. The Bertz CT molecular complexity index is 390. The van der Waals surface area contributed by atoms with Gasteiger partial charge in [0.1, 0.15) is 0 Å². The van der Waals surface area contributed by atoms with Crippen molar-refractivity contribution in [3.05, 3.63) is 34.9 Å². The second kappa shape index (κ2) is 4.79. The highest BCUT2D eigenvalue weighted by Gasteiger charge is 2.30.